The number of carbonyl (C=O) groups excluding carboxylic acids is 1. The topological polar surface area (TPSA) is 101 Å². The van der Waals surface area contributed by atoms with Gasteiger partial charge in [0.1, 0.15) is 24.2 Å². The molecule has 3 aromatic rings. The summed E-state index contributed by atoms with van der Waals surface area (Å²) in [5, 5.41) is 15.5. The van der Waals surface area contributed by atoms with Gasteiger partial charge in [-0.25, -0.2) is 9.78 Å². The monoisotopic (exact) mass is 473 g/mol. The number of hydrogen-bond donors (Lipinski definition) is 3. The molecule has 0 saturated heterocycles. The van der Waals surface area contributed by atoms with Crippen molar-refractivity contribution in [3.8, 4) is 5.75 Å². The zero-order valence-electron chi connectivity index (χ0n) is 16.9. The van der Waals surface area contributed by atoms with Crippen LogP contribution in [0.4, 0.5) is 5.82 Å². The van der Waals surface area contributed by atoms with Crippen molar-refractivity contribution >= 4 is 40.9 Å². The van der Waals surface area contributed by atoms with Gasteiger partial charge in [-0.05, 0) is 42.0 Å². The molecule has 3 N–H and O–H groups in total. The SMILES string of the molecule is O=C(N[C@H](Cc1ccc(OCCNc2ccccn2)cc1)C(=O)O)c1c(Cl)cccc1Cl. The Morgan fingerprint density at radius 2 is 1.72 bits per heavy atom. The van der Waals surface area contributed by atoms with E-state index in [1.165, 1.54) is 12.1 Å². The van der Waals surface area contributed by atoms with E-state index >= 15 is 0 Å². The van der Waals surface area contributed by atoms with Crippen LogP contribution in [-0.4, -0.2) is 41.2 Å². The first-order chi connectivity index (χ1) is 15.4. The number of pyridine rings is 1. The molecule has 0 radical (unpaired) electrons. The molecule has 3 rings (SSSR count). The Morgan fingerprint density at radius 3 is 2.34 bits per heavy atom. The van der Waals surface area contributed by atoms with E-state index in [1.54, 1.807) is 36.5 Å². The molecule has 1 aromatic heterocycles. The summed E-state index contributed by atoms with van der Waals surface area (Å²) in [5.74, 6) is -0.391. The molecular formula is C23H21Cl2N3O4. The standard InChI is InChI=1S/C23H21Cl2N3O4/c24-17-4-3-5-18(25)21(17)22(29)28-19(23(30)31)14-15-7-9-16(10-8-15)32-13-12-27-20-6-1-2-11-26-20/h1-11,19H,12-14H2,(H,26,27)(H,28,29)(H,30,31)/t19-/m1/s1. The number of aromatic nitrogens is 1. The van der Waals surface area contributed by atoms with Gasteiger partial charge in [0.25, 0.3) is 5.91 Å². The zero-order valence-corrected chi connectivity index (χ0v) is 18.4. The highest BCUT2D eigenvalue weighted by molar-refractivity contribution is 6.39. The van der Waals surface area contributed by atoms with Gasteiger partial charge < -0.3 is 20.5 Å². The summed E-state index contributed by atoms with van der Waals surface area (Å²) in [4.78, 5) is 28.4. The lowest BCUT2D eigenvalue weighted by Gasteiger charge is -2.16. The van der Waals surface area contributed by atoms with E-state index in [9.17, 15) is 14.7 Å². The molecule has 1 atom stereocenters. The summed E-state index contributed by atoms with van der Waals surface area (Å²) in [5.41, 5.74) is 0.770. The highest BCUT2D eigenvalue weighted by Crippen LogP contribution is 2.24. The largest absolute Gasteiger partial charge is 0.492 e. The van der Waals surface area contributed by atoms with E-state index in [4.69, 9.17) is 27.9 Å². The third-order valence-electron chi connectivity index (χ3n) is 4.50. The van der Waals surface area contributed by atoms with Crippen molar-refractivity contribution < 1.29 is 19.4 Å². The van der Waals surface area contributed by atoms with Gasteiger partial charge in [0, 0.05) is 12.6 Å². The van der Waals surface area contributed by atoms with Crippen LogP contribution in [0, 0.1) is 0 Å². The van der Waals surface area contributed by atoms with Crippen molar-refractivity contribution in [2.24, 2.45) is 0 Å². The maximum absolute atomic E-state index is 12.5. The molecule has 0 saturated carbocycles. The van der Waals surface area contributed by atoms with Crippen LogP contribution in [0.1, 0.15) is 15.9 Å². The fourth-order valence-corrected chi connectivity index (χ4v) is 3.49. The second kappa shape index (κ2) is 11.4. The average molecular weight is 474 g/mol. The second-order valence-corrected chi connectivity index (χ2v) is 7.61. The molecule has 9 heteroatoms. The lowest BCUT2D eigenvalue weighted by molar-refractivity contribution is -0.139. The Hall–Kier alpha value is -3.29. The lowest BCUT2D eigenvalue weighted by atomic mass is 10.1. The lowest BCUT2D eigenvalue weighted by Crippen LogP contribution is -2.42. The molecule has 166 valence electrons. The summed E-state index contributed by atoms with van der Waals surface area (Å²) < 4.78 is 5.68. The molecule has 0 aliphatic rings. The number of benzene rings is 2. The summed E-state index contributed by atoms with van der Waals surface area (Å²) in [6, 6.07) is 16.1. The first-order valence-corrected chi connectivity index (χ1v) is 10.5. The van der Waals surface area contributed by atoms with Crippen molar-refractivity contribution in [3.63, 3.8) is 0 Å². The Morgan fingerprint density at radius 1 is 1.00 bits per heavy atom. The summed E-state index contributed by atoms with van der Waals surface area (Å²) in [7, 11) is 0. The molecule has 2 aromatic carbocycles. The third kappa shape index (κ3) is 6.60. The number of ether oxygens (including phenoxy) is 1. The maximum atomic E-state index is 12.5. The van der Waals surface area contributed by atoms with Gasteiger partial charge >= 0.3 is 5.97 Å². The van der Waals surface area contributed by atoms with Gasteiger partial charge in [0.05, 0.1) is 22.2 Å². The number of hydrogen-bond acceptors (Lipinski definition) is 5. The van der Waals surface area contributed by atoms with Crippen LogP contribution in [0.5, 0.6) is 5.75 Å². The highest BCUT2D eigenvalue weighted by Gasteiger charge is 2.23. The van der Waals surface area contributed by atoms with E-state index in [2.05, 4.69) is 15.6 Å². The first-order valence-electron chi connectivity index (χ1n) is 9.78. The Kier molecular flexibility index (Phi) is 8.30. The Balaban J connectivity index is 1.53. The number of nitrogens with zero attached hydrogens (tertiary/aromatic N) is 1. The van der Waals surface area contributed by atoms with E-state index in [0.29, 0.717) is 18.9 Å². The van der Waals surface area contributed by atoms with E-state index in [1.807, 2.05) is 18.2 Å². The average Bonchev–Trinajstić information content (AvgIpc) is 2.78. The molecular weight excluding hydrogens is 453 g/mol. The van der Waals surface area contributed by atoms with E-state index in [0.717, 1.165) is 11.4 Å². The molecule has 0 bridgehead atoms. The molecule has 1 heterocycles. The number of amides is 1. The van der Waals surface area contributed by atoms with Crippen LogP contribution in [0.25, 0.3) is 0 Å². The fraction of sp³-hybridized carbons (Fsp3) is 0.174. The fourth-order valence-electron chi connectivity index (χ4n) is 2.92. The number of rotatable bonds is 10. The smallest absolute Gasteiger partial charge is 0.326 e. The van der Waals surface area contributed by atoms with E-state index in [-0.39, 0.29) is 22.0 Å². The molecule has 0 fully saturated rings. The molecule has 0 aliphatic heterocycles. The maximum Gasteiger partial charge on any atom is 0.326 e. The van der Waals surface area contributed by atoms with Gasteiger partial charge in [-0.15, -0.1) is 0 Å². The number of nitrogens with one attached hydrogen (secondary N) is 2. The molecule has 32 heavy (non-hydrogen) atoms. The quantitative estimate of drug-likeness (QED) is 0.379. The Bertz CT molecular complexity index is 1040. The van der Waals surface area contributed by atoms with Gasteiger partial charge in [0.15, 0.2) is 0 Å². The summed E-state index contributed by atoms with van der Waals surface area (Å²) in [6.07, 6.45) is 1.79. The normalized spacial score (nSPS) is 11.4. The number of carbonyl (C=O) groups is 2. The number of anilines is 1. The summed E-state index contributed by atoms with van der Waals surface area (Å²) in [6.45, 7) is 1.01. The zero-order chi connectivity index (χ0) is 22.9. The minimum Gasteiger partial charge on any atom is -0.492 e. The van der Waals surface area contributed by atoms with Crippen LogP contribution in [0.15, 0.2) is 66.9 Å². The third-order valence-corrected chi connectivity index (χ3v) is 5.13. The molecule has 0 unspecified atom stereocenters. The van der Waals surface area contributed by atoms with Gasteiger partial charge in [-0.2, -0.15) is 0 Å². The van der Waals surface area contributed by atoms with Crippen molar-refractivity contribution in [2.75, 3.05) is 18.5 Å². The van der Waals surface area contributed by atoms with Crippen molar-refractivity contribution in [3.05, 3.63) is 88.0 Å². The minimum atomic E-state index is -1.16. The molecule has 0 aliphatic carbocycles. The molecule has 0 spiro atoms. The van der Waals surface area contributed by atoms with Gasteiger partial charge in [-0.1, -0.05) is 47.5 Å². The Labute approximate surface area is 195 Å². The van der Waals surface area contributed by atoms with Crippen LogP contribution in [0.3, 0.4) is 0 Å². The first kappa shape index (κ1) is 23.4. The number of aliphatic carboxylic acids is 1. The molecule has 7 nitrogen and oxygen atoms in total. The predicted molar refractivity (Wildman–Crippen MR) is 124 cm³/mol. The minimum absolute atomic E-state index is 0.0464. The van der Waals surface area contributed by atoms with Crippen LogP contribution < -0.4 is 15.4 Å². The van der Waals surface area contributed by atoms with E-state index < -0.39 is 17.9 Å². The predicted octanol–water partition coefficient (Wildman–Crippen LogP) is 4.31. The van der Waals surface area contributed by atoms with Crippen molar-refractivity contribution in [2.45, 2.75) is 12.5 Å². The van der Waals surface area contributed by atoms with Crippen molar-refractivity contribution in [1.82, 2.24) is 10.3 Å². The highest BCUT2D eigenvalue weighted by atomic mass is 35.5. The van der Waals surface area contributed by atoms with Crippen LogP contribution in [-0.2, 0) is 11.2 Å². The summed E-state index contributed by atoms with van der Waals surface area (Å²) >= 11 is 12.1. The van der Waals surface area contributed by atoms with Crippen LogP contribution >= 0.6 is 23.2 Å². The number of carboxylic acids is 1. The van der Waals surface area contributed by atoms with Gasteiger partial charge in [0.2, 0.25) is 0 Å². The van der Waals surface area contributed by atoms with Crippen molar-refractivity contribution in [1.29, 1.82) is 0 Å². The molecule has 1 amide bonds. The van der Waals surface area contributed by atoms with Gasteiger partial charge in [-0.3, -0.25) is 4.79 Å². The number of carboxylic acid groups (broad SMARTS) is 1. The second-order valence-electron chi connectivity index (χ2n) is 6.80. The van der Waals surface area contributed by atoms with Crippen LogP contribution in [0.2, 0.25) is 10.0 Å². The number of halogens is 2.